The van der Waals surface area contributed by atoms with E-state index in [4.69, 9.17) is 11.6 Å². The molecule has 18 heavy (non-hydrogen) atoms. The molecule has 0 unspecified atom stereocenters. The van der Waals surface area contributed by atoms with Gasteiger partial charge in [-0.25, -0.2) is 9.97 Å². The Balaban J connectivity index is 1.57. The highest BCUT2D eigenvalue weighted by Crippen LogP contribution is 2.38. The van der Waals surface area contributed by atoms with Crippen molar-refractivity contribution in [2.45, 2.75) is 44.4 Å². The van der Waals surface area contributed by atoms with Gasteiger partial charge in [0.15, 0.2) is 0 Å². The largest absolute Gasteiger partial charge is 0.370 e. The molecule has 3 rings (SSSR count). The lowest BCUT2D eigenvalue weighted by Gasteiger charge is -2.08. The van der Waals surface area contributed by atoms with Crippen molar-refractivity contribution in [1.82, 2.24) is 9.97 Å². The average Bonchev–Trinajstić information content (AvgIpc) is 3.08. The van der Waals surface area contributed by atoms with Crippen LogP contribution in [0.3, 0.4) is 0 Å². The first kappa shape index (κ1) is 12.0. The lowest BCUT2D eigenvalue weighted by atomic mass is 10.2. The molecule has 0 spiro atoms. The molecule has 1 aromatic rings. The van der Waals surface area contributed by atoms with Crippen LogP contribution < -0.4 is 5.32 Å². The van der Waals surface area contributed by atoms with Gasteiger partial charge < -0.3 is 5.32 Å². The van der Waals surface area contributed by atoms with Crippen LogP contribution in [0.4, 0.5) is 5.82 Å². The van der Waals surface area contributed by atoms with Crippen molar-refractivity contribution in [1.29, 1.82) is 0 Å². The van der Waals surface area contributed by atoms with Crippen molar-refractivity contribution in [3.63, 3.8) is 0 Å². The molecule has 0 bridgehead atoms. The molecule has 1 N–H and O–H groups in total. The third kappa shape index (κ3) is 3.02. The fourth-order valence-corrected chi connectivity index (χ4v) is 2.56. The highest BCUT2D eigenvalue weighted by Gasteiger charge is 2.27. The molecule has 4 heteroatoms. The summed E-state index contributed by atoms with van der Waals surface area (Å²) in [5.74, 6) is 2.32. The summed E-state index contributed by atoms with van der Waals surface area (Å²) in [7, 11) is 0. The van der Waals surface area contributed by atoms with Crippen molar-refractivity contribution >= 4 is 17.4 Å². The molecule has 0 amide bonds. The van der Waals surface area contributed by atoms with E-state index in [0.29, 0.717) is 11.1 Å². The Morgan fingerprint density at radius 2 is 2.22 bits per heavy atom. The van der Waals surface area contributed by atoms with E-state index in [1.54, 1.807) is 5.57 Å². The number of hydrogen-bond acceptors (Lipinski definition) is 3. The van der Waals surface area contributed by atoms with Gasteiger partial charge in [-0.15, -0.1) is 0 Å². The van der Waals surface area contributed by atoms with E-state index in [9.17, 15) is 0 Å². The summed E-state index contributed by atoms with van der Waals surface area (Å²) in [5.41, 5.74) is 1.57. The molecule has 0 aromatic carbocycles. The Labute approximate surface area is 113 Å². The van der Waals surface area contributed by atoms with E-state index in [1.807, 2.05) is 6.07 Å². The number of anilines is 1. The van der Waals surface area contributed by atoms with Crippen LogP contribution in [0.15, 0.2) is 17.7 Å². The molecule has 1 saturated carbocycles. The fourth-order valence-electron chi connectivity index (χ4n) is 2.37. The van der Waals surface area contributed by atoms with E-state index >= 15 is 0 Å². The normalized spacial score (nSPS) is 18.8. The Bertz CT molecular complexity index is 466. The Kier molecular flexibility index (Phi) is 3.50. The molecule has 96 valence electrons. The maximum Gasteiger partial charge on any atom is 0.135 e. The van der Waals surface area contributed by atoms with Gasteiger partial charge in [0.05, 0.1) is 0 Å². The standard InChI is InChI=1S/C14H18ClN3/c15-12-9-13(18-14(17-12)11-5-6-11)16-8-7-10-3-1-2-4-10/h3,9,11H,1-2,4-8H2,(H,16,17,18). The zero-order valence-corrected chi connectivity index (χ0v) is 11.2. The van der Waals surface area contributed by atoms with E-state index < -0.39 is 0 Å². The van der Waals surface area contributed by atoms with Gasteiger partial charge in [0.25, 0.3) is 0 Å². The molecule has 1 fully saturated rings. The number of nitrogens with zero attached hydrogens (tertiary/aromatic N) is 2. The van der Waals surface area contributed by atoms with Crippen molar-refractivity contribution in [2.24, 2.45) is 0 Å². The lowest BCUT2D eigenvalue weighted by Crippen LogP contribution is -2.06. The molecule has 3 nitrogen and oxygen atoms in total. The van der Waals surface area contributed by atoms with E-state index in [2.05, 4.69) is 21.4 Å². The van der Waals surface area contributed by atoms with Crippen LogP contribution >= 0.6 is 11.6 Å². The molecule has 0 aliphatic heterocycles. The molecule has 1 aromatic heterocycles. The number of aromatic nitrogens is 2. The van der Waals surface area contributed by atoms with E-state index in [-0.39, 0.29) is 0 Å². The molecule has 0 radical (unpaired) electrons. The zero-order valence-electron chi connectivity index (χ0n) is 10.5. The quantitative estimate of drug-likeness (QED) is 0.646. The molecular formula is C14H18ClN3. The van der Waals surface area contributed by atoms with Gasteiger partial charge in [-0.3, -0.25) is 0 Å². The summed E-state index contributed by atoms with van der Waals surface area (Å²) < 4.78 is 0. The van der Waals surface area contributed by atoms with Crippen molar-refractivity contribution < 1.29 is 0 Å². The third-order valence-corrected chi connectivity index (χ3v) is 3.74. The van der Waals surface area contributed by atoms with Crippen LogP contribution in [0.5, 0.6) is 0 Å². The fraction of sp³-hybridized carbons (Fsp3) is 0.571. The van der Waals surface area contributed by atoms with Crippen LogP contribution in [-0.2, 0) is 0 Å². The SMILES string of the molecule is Clc1cc(NCCC2=CCCC2)nc(C2CC2)n1. The van der Waals surface area contributed by atoms with Gasteiger partial charge in [0, 0.05) is 18.5 Å². The second-order valence-corrected chi connectivity index (χ2v) is 5.53. The Hall–Kier alpha value is -1.09. The molecule has 2 aliphatic carbocycles. The van der Waals surface area contributed by atoms with Gasteiger partial charge in [-0.1, -0.05) is 23.3 Å². The van der Waals surface area contributed by atoms with E-state index in [1.165, 1.54) is 32.1 Å². The Morgan fingerprint density at radius 1 is 1.33 bits per heavy atom. The summed E-state index contributed by atoms with van der Waals surface area (Å²) in [6.45, 7) is 0.934. The number of halogens is 1. The van der Waals surface area contributed by atoms with Gasteiger partial charge in [0.2, 0.25) is 0 Å². The second kappa shape index (κ2) is 5.27. The van der Waals surface area contributed by atoms with Gasteiger partial charge >= 0.3 is 0 Å². The minimum Gasteiger partial charge on any atom is -0.370 e. The zero-order chi connectivity index (χ0) is 12.4. The number of allylic oxidation sites excluding steroid dienone is 1. The van der Waals surface area contributed by atoms with Crippen LogP contribution in [0.2, 0.25) is 5.15 Å². The summed E-state index contributed by atoms with van der Waals surface area (Å²) in [4.78, 5) is 8.82. The van der Waals surface area contributed by atoms with Crippen LogP contribution in [0.1, 0.15) is 50.3 Å². The van der Waals surface area contributed by atoms with Crippen LogP contribution in [0, 0.1) is 0 Å². The maximum absolute atomic E-state index is 6.03. The number of hydrogen-bond donors (Lipinski definition) is 1. The minimum absolute atomic E-state index is 0.543. The number of nitrogens with one attached hydrogen (secondary N) is 1. The van der Waals surface area contributed by atoms with E-state index in [0.717, 1.165) is 24.6 Å². The number of rotatable bonds is 5. The summed E-state index contributed by atoms with van der Waals surface area (Å²) in [6.07, 6.45) is 9.71. The first-order chi connectivity index (χ1) is 8.81. The molecule has 2 aliphatic rings. The minimum atomic E-state index is 0.543. The van der Waals surface area contributed by atoms with Gasteiger partial charge in [-0.2, -0.15) is 0 Å². The lowest BCUT2D eigenvalue weighted by molar-refractivity contribution is 0.858. The van der Waals surface area contributed by atoms with Crippen molar-refractivity contribution in [2.75, 3.05) is 11.9 Å². The monoisotopic (exact) mass is 263 g/mol. The maximum atomic E-state index is 6.03. The highest BCUT2D eigenvalue weighted by molar-refractivity contribution is 6.29. The summed E-state index contributed by atoms with van der Waals surface area (Å²) in [5, 5.41) is 3.91. The topological polar surface area (TPSA) is 37.8 Å². The van der Waals surface area contributed by atoms with Crippen LogP contribution in [-0.4, -0.2) is 16.5 Å². The van der Waals surface area contributed by atoms with Crippen molar-refractivity contribution in [3.8, 4) is 0 Å². The second-order valence-electron chi connectivity index (χ2n) is 5.14. The average molecular weight is 264 g/mol. The molecular weight excluding hydrogens is 246 g/mol. The van der Waals surface area contributed by atoms with Crippen LogP contribution in [0.25, 0.3) is 0 Å². The van der Waals surface area contributed by atoms with Gasteiger partial charge in [0.1, 0.15) is 16.8 Å². The summed E-state index contributed by atoms with van der Waals surface area (Å²) >= 11 is 6.03. The predicted octanol–water partition coefficient (Wildman–Crippen LogP) is 3.92. The van der Waals surface area contributed by atoms with Crippen molar-refractivity contribution in [3.05, 3.63) is 28.7 Å². The Morgan fingerprint density at radius 3 is 2.94 bits per heavy atom. The smallest absolute Gasteiger partial charge is 0.135 e. The third-order valence-electron chi connectivity index (χ3n) is 3.54. The molecule has 1 heterocycles. The first-order valence-corrected chi connectivity index (χ1v) is 7.15. The summed E-state index contributed by atoms with van der Waals surface area (Å²) in [6, 6.07) is 1.82. The first-order valence-electron chi connectivity index (χ1n) is 6.77. The highest BCUT2D eigenvalue weighted by atomic mass is 35.5. The molecule has 0 atom stereocenters. The predicted molar refractivity (Wildman–Crippen MR) is 74.1 cm³/mol. The van der Waals surface area contributed by atoms with Gasteiger partial charge in [-0.05, 0) is 38.5 Å². The molecule has 0 saturated heterocycles.